The van der Waals surface area contributed by atoms with E-state index in [1.54, 1.807) is 6.07 Å². The van der Waals surface area contributed by atoms with E-state index in [-0.39, 0.29) is 10.6 Å². The Labute approximate surface area is 139 Å². The zero-order valence-electron chi connectivity index (χ0n) is 13.0. The Bertz CT molecular complexity index is 842. The molecule has 8 heteroatoms. The minimum absolute atomic E-state index is 0.0637. The Kier molecular flexibility index (Phi) is 4.68. The first-order valence-electron chi connectivity index (χ1n) is 7.72. The lowest BCUT2D eigenvalue weighted by Gasteiger charge is -2.25. The van der Waals surface area contributed by atoms with Crippen molar-refractivity contribution in [2.45, 2.75) is 24.2 Å². The van der Waals surface area contributed by atoms with Gasteiger partial charge < -0.3 is 10.3 Å². The predicted octanol–water partition coefficient (Wildman–Crippen LogP) is 2.58. The topological polar surface area (TPSA) is 82.3 Å². The maximum atomic E-state index is 13.1. The van der Waals surface area contributed by atoms with E-state index in [0.29, 0.717) is 18.8 Å². The van der Waals surface area contributed by atoms with Crippen molar-refractivity contribution in [1.82, 2.24) is 9.29 Å². The average molecular weight is 351 g/mol. The van der Waals surface area contributed by atoms with E-state index < -0.39 is 21.7 Å². The third kappa shape index (κ3) is 3.49. The fourth-order valence-corrected chi connectivity index (χ4v) is 4.19. The van der Waals surface area contributed by atoms with Gasteiger partial charge in [0.05, 0.1) is 0 Å². The number of sulfonamides is 1. The van der Waals surface area contributed by atoms with E-state index in [1.165, 1.54) is 34.8 Å². The molecule has 0 radical (unpaired) electrons. The molecule has 1 fully saturated rings. The highest BCUT2D eigenvalue weighted by Crippen LogP contribution is 2.21. The number of nitrogens with one attached hydrogen (secondary N) is 2. The zero-order valence-corrected chi connectivity index (χ0v) is 13.8. The number of aromatic nitrogens is 1. The molecule has 1 aromatic heterocycles. The van der Waals surface area contributed by atoms with Crippen LogP contribution in [0.5, 0.6) is 0 Å². The number of nitrogens with zero attached hydrogens (tertiary/aromatic N) is 1. The number of aromatic amines is 1. The molecule has 1 aromatic carbocycles. The van der Waals surface area contributed by atoms with Gasteiger partial charge in [-0.2, -0.15) is 4.31 Å². The number of anilines is 1. The Morgan fingerprint density at radius 3 is 2.62 bits per heavy atom. The highest BCUT2D eigenvalue weighted by atomic mass is 32.2. The van der Waals surface area contributed by atoms with Crippen LogP contribution < -0.4 is 5.32 Å². The molecule has 24 heavy (non-hydrogen) atoms. The van der Waals surface area contributed by atoms with E-state index in [2.05, 4.69) is 10.3 Å². The summed E-state index contributed by atoms with van der Waals surface area (Å²) in [7, 11) is -3.59. The van der Waals surface area contributed by atoms with E-state index in [9.17, 15) is 17.6 Å². The van der Waals surface area contributed by atoms with Gasteiger partial charge in [0.25, 0.3) is 5.91 Å². The molecule has 2 aromatic rings. The first-order chi connectivity index (χ1) is 11.5. The monoisotopic (exact) mass is 351 g/mol. The number of benzene rings is 1. The van der Waals surface area contributed by atoms with Gasteiger partial charge >= 0.3 is 0 Å². The van der Waals surface area contributed by atoms with Gasteiger partial charge in [-0.1, -0.05) is 12.5 Å². The molecule has 128 valence electrons. The number of hydrogen-bond donors (Lipinski definition) is 2. The van der Waals surface area contributed by atoms with Crippen LogP contribution in [-0.2, 0) is 10.0 Å². The molecule has 1 saturated heterocycles. The average Bonchev–Trinajstić information content (AvgIpc) is 3.07. The molecule has 1 aliphatic rings. The van der Waals surface area contributed by atoms with Crippen LogP contribution in [-0.4, -0.2) is 36.7 Å². The van der Waals surface area contributed by atoms with Crippen molar-refractivity contribution >= 4 is 21.6 Å². The highest BCUT2D eigenvalue weighted by molar-refractivity contribution is 7.89. The normalized spacial score (nSPS) is 16.0. The fourth-order valence-electron chi connectivity index (χ4n) is 2.67. The van der Waals surface area contributed by atoms with E-state index >= 15 is 0 Å². The first-order valence-corrected chi connectivity index (χ1v) is 9.16. The summed E-state index contributed by atoms with van der Waals surface area (Å²) in [5.41, 5.74) is 0.407. The van der Waals surface area contributed by atoms with Gasteiger partial charge in [0.1, 0.15) is 16.4 Å². The van der Waals surface area contributed by atoms with Crippen LogP contribution in [0.3, 0.4) is 0 Å². The summed E-state index contributed by atoms with van der Waals surface area (Å²) in [6, 6.07) is 6.79. The number of amides is 1. The summed E-state index contributed by atoms with van der Waals surface area (Å²) in [6.45, 7) is 0.997. The van der Waals surface area contributed by atoms with Crippen molar-refractivity contribution in [2.24, 2.45) is 0 Å². The minimum atomic E-state index is -3.59. The number of carbonyl (C=O) groups excluding carboxylic acids is 1. The van der Waals surface area contributed by atoms with Crippen LogP contribution >= 0.6 is 0 Å². The number of rotatable bonds is 4. The van der Waals surface area contributed by atoms with Crippen molar-refractivity contribution < 1.29 is 17.6 Å². The van der Waals surface area contributed by atoms with Crippen molar-refractivity contribution in [2.75, 3.05) is 18.4 Å². The van der Waals surface area contributed by atoms with Gasteiger partial charge in [-0.15, -0.1) is 0 Å². The molecule has 0 bridgehead atoms. The summed E-state index contributed by atoms with van der Waals surface area (Å²) in [5, 5.41) is 2.52. The Hall–Kier alpha value is -2.19. The van der Waals surface area contributed by atoms with Crippen molar-refractivity contribution in [3.63, 3.8) is 0 Å². The molecule has 3 rings (SSSR count). The molecule has 0 atom stereocenters. The summed E-state index contributed by atoms with van der Waals surface area (Å²) < 4.78 is 39.7. The molecule has 1 aliphatic heterocycles. The molecule has 2 heterocycles. The molecule has 0 spiro atoms. The lowest BCUT2D eigenvalue weighted by atomic mass is 10.2. The first kappa shape index (κ1) is 16.7. The summed E-state index contributed by atoms with van der Waals surface area (Å²) in [4.78, 5) is 14.9. The molecule has 2 N–H and O–H groups in total. The highest BCUT2D eigenvalue weighted by Gasteiger charge is 2.27. The number of H-pyrrole nitrogens is 1. The molecule has 1 amide bonds. The second-order valence-corrected chi connectivity index (χ2v) is 7.62. The second kappa shape index (κ2) is 6.74. The predicted molar refractivity (Wildman–Crippen MR) is 87.8 cm³/mol. The minimum Gasteiger partial charge on any atom is -0.356 e. The fraction of sp³-hybridized carbons (Fsp3) is 0.312. The van der Waals surface area contributed by atoms with Crippen LogP contribution in [0, 0.1) is 5.82 Å². The summed E-state index contributed by atoms with van der Waals surface area (Å²) >= 11 is 0. The lowest BCUT2D eigenvalue weighted by Crippen LogP contribution is -2.35. The second-order valence-electron chi connectivity index (χ2n) is 5.68. The molecular weight excluding hydrogens is 333 g/mol. The van der Waals surface area contributed by atoms with Gasteiger partial charge in [0.2, 0.25) is 10.0 Å². The maximum absolute atomic E-state index is 13.1. The number of halogens is 1. The Balaban J connectivity index is 1.76. The standard InChI is InChI=1S/C16H18FN3O3S/c17-12-5-4-6-13(9-12)19-16(21)15-10-14(11-18-15)24(22,23)20-7-2-1-3-8-20/h4-6,9-11,18H,1-3,7-8H2,(H,19,21). The molecule has 6 nitrogen and oxygen atoms in total. The van der Waals surface area contributed by atoms with Crippen LogP contribution in [0.15, 0.2) is 41.4 Å². The van der Waals surface area contributed by atoms with Gasteiger partial charge in [0, 0.05) is 25.0 Å². The van der Waals surface area contributed by atoms with Crippen LogP contribution in [0.4, 0.5) is 10.1 Å². The largest absolute Gasteiger partial charge is 0.356 e. The molecule has 0 aliphatic carbocycles. The Morgan fingerprint density at radius 1 is 1.17 bits per heavy atom. The van der Waals surface area contributed by atoms with Gasteiger partial charge in [0.15, 0.2) is 0 Å². The molecule has 0 saturated carbocycles. The lowest BCUT2D eigenvalue weighted by molar-refractivity contribution is 0.102. The smallest absolute Gasteiger partial charge is 0.272 e. The van der Waals surface area contributed by atoms with Gasteiger partial charge in [-0.25, -0.2) is 12.8 Å². The zero-order chi connectivity index (χ0) is 17.2. The SMILES string of the molecule is O=C(Nc1cccc(F)c1)c1cc(S(=O)(=O)N2CCCCC2)c[nH]1. The van der Waals surface area contributed by atoms with Crippen molar-refractivity contribution in [1.29, 1.82) is 0 Å². The molecular formula is C16H18FN3O3S. The van der Waals surface area contributed by atoms with E-state index in [4.69, 9.17) is 0 Å². The third-order valence-electron chi connectivity index (χ3n) is 3.94. The maximum Gasteiger partial charge on any atom is 0.272 e. The van der Waals surface area contributed by atoms with Crippen molar-refractivity contribution in [3.05, 3.63) is 48.0 Å². The number of hydrogen-bond acceptors (Lipinski definition) is 3. The van der Waals surface area contributed by atoms with Crippen LogP contribution in [0.1, 0.15) is 29.8 Å². The summed E-state index contributed by atoms with van der Waals surface area (Å²) in [5.74, 6) is -0.992. The van der Waals surface area contributed by atoms with Gasteiger partial charge in [-0.3, -0.25) is 4.79 Å². The Morgan fingerprint density at radius 2 is 1.92 bits per heavy atom. The van der Waals surface area contributed by atoms with Gasteiger partial charge in [-0.05, 0) is 37.1 Å². The quantitative estimate of drug-likeness (QED) is 0.888. The van der Waals surface area contributed by atoms with Crippen LogP contribution in [0.2, 0.25) is 0 Å². The number of carbonyl (C=O) groups is 1. The summed E-state index contributed by atoms with van der Waals surface area (Å²) in [6.07, 6.45) is 4.03. The molecule has 0 unspecified atom stereocenters. The van der Waals surface area contributed by atoms with Crippen LogP contribution in [0.25, 0.3) is 0 Å². The third-order valence-corrected chi connectivity index (χ3v) is 5.81. The number of piperidine rings is 1. The van der Waals surface area contributed by atoms with E-state index in [1.807, 2.05) is 0 Å². The van der Waals surface area contributed by atoms with E-state index in [0.717, 1.165) is 19.3 Å². The van der Waals surface area contributed by atoms with Crippen molar-refractivity contribution in [3.8, 4) is 0 Å².